The van der Waals surface area contributed by atoms with Crippen LogP contribution in [-0.2, 0) is 0 Å². The molecule has 15 heavy (non-hydrogen) atoms. The van der Waals surface area contributed by atoms with E-state index in [-0.39, 0.29) is 0 Å². The molecule has 1 aromatic heterocycles. The van der Waals surface area contributed by atoms with Crippen molar-refractivity contribution in [3.63, 3.8) is 0 Å². The van der Waals surface area contributed by atoms with E-state index in [0.717, 1.165) is 12.6 Å². The van der Waals surface area contributed by atoms with Gasteiger partial charge in [-0.15, -0.1) is 0 Å². The minimum absolute atomic E-state index is 0.373. The molecule has 1 fully saturated rings. The number of hydrogen-bond donors (Lipinski definition) is 1. The van der Waals surface area contributed by atoms with Gasteiger partial charge < -0.3 is 5.32 Å². The average Bonchev–Trinajstić information content (AvgIpc) is 2.84. The van der Waals surface area contributed by atoms with E-state index in [1.54, 1.807) is 6.20 Å². The van der Waals surface area contributed by atoms with Gasteiger partial charge in [-0.25, -0.2) is 0 Å². The number of nitrogens with one attached hydrogen (secondary N) is 1. The lowest BCUT2D eigenvalue weighted by atomic mass is 10.2. The molecule has 1 aliphatic rings. The molecule has 3 nitrogen and oxygen atoms in total. The summed E-state index contributed by atoms with van der Waals surface area (Å²) in [7, 11) is 0. The van der Waals surface area contributed by atoms with Crippen LogP contribution in [0.2, 0.25) is 5.02 Å². The summed E-state index contributed by atoms with van der Waals surface area (Å²) in [6.45, 7) is 3.13. The van der Waals surface area contributed by atoms with Gasteiger partial charge in [-0.2, -0.15) is 5.10 Å². The average molecular weight is 228 g/mol. The third kappa shape index (κ3) is 2.95. The minimum Gasteiger partial charge on any atom is -0.312 e. The van der Waals surface area contributed by atoms with E-state index in [4.69, 9.17) is 11.6 Å². The maximum Gasteiger partial charge on any atom is 0.0785 e. The summed E-state index contributed by atoms with van der Waals surface area (Å²) >= 11 is 5.83. The van der Waals surface area contributed by atoms with Crippen LogP contribution in [-0.4, -0.2) is 22.4 Å². The second-order valence-corrected chi connectivity index (χ2v) is 4.81. The highest BCUT2D eigenvalue weighted by atomic mass is 35.5. The molecule has 1 aliphatic carbocycles. The standard InChI is InChI=1S/C11H18ClN3/c1-9(15-8-10(12)7-14-15)6-13-11-4-2-3-5-11/h7-9,11,13H,2-6H2,1H3. The van der Waals surface area contributed by atoms with Gasteiger partial charge in [-0.05, 0) is 19.8 Å². The molecule has 2 rings (SSSR count). The van der Waals surface area contributed by atoms with Crippen LogP contribution in [0.3, 0.4) is 0 Å². The predicted octanol–water partition coefficient (Wildman–Crippen LogP) is 2.63. The Hall–Kier alpha value is -0.540. The summed E-state index contributed by atoms with van der Waals surface area (Å²) in [4.78, 5) is 0. The molecule has 4 heteroatoms. The van der Waals surface area contributed by atoms with E-state index in [0.29, 0.717) is 11.1 Å². The van der Waals surface area contributed by atoms with E-state index in [2.05, 4.69) is 17.3 Å². The molecule has 1 N–H and O–H groups in total. The first-order valence-electron chi connectivity index (χ1n) is 5.69. The van der Waals surface area contributed by atoms with E-state index in [1.165, 1.54) is 25.7 Å². The number of aromatic nitrogens is 2. The van der Waals surface area contributed by atoms with Crippen LogP contribution in [0.4, 0.5) is 0 Å². The minimum atomic E-state index is 0.373. The summed E-state index contributed by atoms with van der Waals surface area (Å²) in [6.07, 6.45) is 8.97. The number of hydrogen-bond acceptors (Lipinski definition) is 2. The highest BCUT2D eigenvalue weighted by molar-refractivity contribution is 6.30. The lowest BCUT2D eigenvalue weighted by molar-refractivity contribution is 0.415. The smallest absolute Gasteiger partial charge is 0.0785 e. The number of nitrogens with zero attached hydrogens (tertiary/aromatic N) is 2. The molecular formula is C11H18ClN3. The van der Waals surface area contributed by atoms with Gasteiger partial charge in [0.1, 0.15) is 0 Å². The van der Waals surface area contributed by atoms with Crippen molar-refractivity contribution in [2.45, 2.75) is 44.7 Å². The van der Waals surface area contributed by atoms with Crippen molar-refractivity contribution in [2.24, 2.45) is 0 Å². The van der Waals surface area contributed by atoms with E-state index < -0.39 is 0 Å². The van der Waals surface area contributed by atoms with Gasteiger partial charge in [0.15, 0.2) is 0 Å². The number of rotatable bonds is 4. The zero-order chi connectivity index (χ0) is 10.7. The number of halogens is 1. The maximum atomic E-state index is 5.83. The molecule has 0 spiro atoms. The first kappa shape index (κ1) is 11.0. The zero-order valence-corrected chi connectivity index (χ0v) is 9.87. The Bertz CT molecular complexity index is 305. The molecule has 1 saturated carbocycles. The summed E-state index contributed by atoms with van der Waals surface area (Å²) in [5.74, 6) is 0. The van der Waals surface area contributed by atoms with E-state index in [9.17, 15) is 0 Å². The van der Waals surface area contributed by atoms with Crippen molar-refractivity contribution in [1.29, 1.82) is 0 Å². The zero-order valence-electron chi connectivity index (χ0n) is 9.12. The van der Waals surface area contributed by atoms with Crippen molar-refractivity contribution >= 4 is 11.6 Å². The van der Waals surface area contributed by atoms with Gasteiger partial charge in [0.05, 0.1) is 17.3 Å². The van der Waals surface area contributed by atoms with Crippen molar-refractivity contribution in [1.82, 2.24) is 15.1 Å². The molecule has 1 unspecified atom stereocenters. The molecule has 0 aliphatic heterocycles. The highest BCUT2D eigenvalue weighted by Crippen LogP contribution is 2.18. The van der Waals surface area contributed by atoms with Crippen molar-refractivity contribution in [3.8, 4) is 0 Å². The molecule has 1 atom stereocenters. The Morgan fingerprint density at radius 3 is 2.93 bits per heavy atom. The fraction of sp³-hybridized carbons (Fsp3) is 0.727. The van der Waals surface area contributed by atoms with Crippen LogP contribution in [0.1, 0.15) is 38.6 Å². The maximum absolute atomic E-state index is 5.83. The second kappa shape index (κ2) is 4.99. The quantitative estimate of drug-likeness (QED) is 0.857. The summed E-state index contributed by atoms with van der Waals surface area (Å²) in [5, 5.41) is 8.50. The van der Waals surface area contributed by atoms with Gasteiger partial charge in [0.2, 0.25) is 0 Å². The first-order chi connectivity index (χ1) is 7.25. The Balaban J connectivity index is 1.79. The van der Waals surface area contributed by atoms with Gasteiger partial charge in [-0.3, -0.25) is 4.68 Å². The van der Waals surface area contributed by atoms with Crippen LogP contribution >= 0.6 is 11.6 Å². The Labute approximate surface area is 95.8 Å². The van der Waals surface area contributed by atoms with Crippen LogP contribution in [0.5, 0.6) is 0 Å². The van der Waals surface area contributed by atoms with Crippen LogP contribution < -0.4 is 5.32 Å². The van der Waals surface area contributed by atoms with Gasteiger partial charge in [0.25, 0.3) is 0 Å². The Kier molecular flexibility index (Phi) is 3.65. The van der Waals surface area contributed by atoms with Crippen molar-refractivity contribution < 1.29 is 0 Å². The fourth-order valence-electron chi connectivity index (χ4n) is 2.12. The third-order valence-electron chi connectivity index (χ3n) is 3.08. The highest BCUT2D eigenvalue weighted by Gasteiger charge is 2.15. The van der Waals surface area contributed by atoms with E-state index >= 15 is 0 Å². The molecule has 1 heterocycles. The topological polar surface area (TPSA) is 29.9 Å². The van der Waals surface area contributed by atoms with Crippen LogP contribution in [0.15, 0.2) is 12.4 Å². The summed E-state index contributed by atoms with van der Waals surface area (Å²) in [5.41, 5.74) is 0. The van der Waals surface area contributed by atoms with Gasteiger partial charge in [0, 0.05) is 18.8 Å². The molecule has 1 aromatic rings. The normalized spacial score (nSPS) is 19.6. The van der Waals surface area contributed by atoms with Gasteiger partial charge >= 0.3 is 0 Å². The van der Waals surface area contributed by atoms with Gasteiger partial charge in [-0.1, -0.05) is 24.4 Å². The van der Waals surface area contributed by atoms with Crippen LogP contribution in [0.25, 0.3) is 0 Å². The fourth-order valence-corrected chi connectivity index (χ4v) is 2.26. The lowest BCUT2D eigenvalue weighted by Gasteiger charge is -2.17. The monoisotopic (exact) mass is 227 g/mol. The molecule has 0 radical (unpaired) electrons. The third-order valence-corrected chi connectivity index (χ3v) is 3.27. The lowest BCUT2D eigenvalue weighted by Crippen LogP contribution is -2.31. The molecule has 84 valence electrons. The van der Waals surface area contributed by atoms with Crippen LogP contribution in [0, 0.1) is 0 Å². The largest absolute Gasteiger partial charge is 0.312 e. The predicted molar refractivity (Wildman–Crippen MR) is 62.2 cm³/mol. The van der Waals surface area contributed by atoms with Crippen molar-refractivity contribution in [2.75, 3.05) is 6.54 Å². The molecule has 0 saturated heterocycles. The molecule has 0 bridgehead atoms. The Morgan fingerprint density at radius 1 is 1.60 bits per heavy atom. The molecule has 0 aromatic carbocycles. The second-order valence-electron chi connectivity index (χ2n) is 4.38. The van der Waals surface area contributed by atoms with E-state index in [1.807, 2.05) is 10.9 Å². The molecule has 0 amide bonds. The van der Waals surface area contributed by atoms with Crippen molar-refractivity contribution in [3.05, 3.63) is 17.4 Å². The SMILES string of the molecule is CC(CNC1CCCC1)n1cc(Cl)cn1. The Morgan fingerprint density at radius 2 is 2.33 bits per heavy atom. The summed E-state index contributed by atoms with van der Waals surface area (Å²) in [6, 6.07) is 1.09. The summed E-state index contributed by atoms with van der Waals surface area (Å²) < 4.78 is 1.92. The first-order valence-corrected chi connectivity index (χ1v) is 6.06. The molecular weight excluding hydrogens is 210 g/mol.